The summed E-state index contributed by atoms with van der Waals surface area (Å²) in [6.07, 6.45) is 4.36. The van der Waals surface area contributed by atoms with Crippen LogP contribution in [-0.2, 0) is 29.5 Å². The van der Waals surface area contributed by atoms with Crippen molar-refractivity contribution in [3.63, 3.8) is 0 Å². The Hall–Kier alpha value is -3.24. The average Bonchev–Trinajstić information content (AvgIpc) is 3.37. The number of β-lactam (4-membered cyclic amide) rings is 1. The van der Waals surface area contributed by atoms with E-state index in [4.69, 9.17) is 4.74 Å². The number of nitrogens with zero attached hydrogens (tertiary/aromatic N) is 3. The summed E-state index contributed by atoms with van der Waals surface area (Å²) in [5.74, 6) is -2.04. The van der Waals surface area contributed by atoms with Gasteiger partial charge in [0.1, 0.15) is 0 Å². The number of hydrogen-bond donors (Lipinski definition) is 2. The van der Waals surface area contributed by atoms with Crippen LogP contribution in [0, 0.1) is 5.92 Å². The quantitative estimate of drug-likeness (QED) is 0.336. The smallest absolute Gasteiger partial charge is 0.304 e. The van der Waals surface area contributed by atoms with Crippen molar-refractivity contribution >= 4 is 35.1 Å². The van der Waals surface area contributed by atoms with Gasteiger partial charge in [0.2, 0.25) is 11.8 Å². The molecule has 2 N–H and O–H groups in total. The van der Waals surface area contributed by atoms with Gasteiger partial charge in [-0.3, -0.25) is 24.1 Å². The average molecular weight is 486 g/mol. The fourth-order valence-corrected chi connectivity index (χ4v) is 5.16. The first kappa shape index (κ1) is 24.9. The summed E-state index contributed by atoms with van der Waals surface area (Å²) in [5.41, 5.74) is -0.626. The molecule has 1 aromatic rings. The van der Waals surface area contributed by atoms with Crippen LogP contribution in [-0.4, -0.2) is 71.3 Å². The number of hydrogen-bond acceptors (Lipinski definition) is 7. The van der Waals surface area contributed by atoms with Crippen LogP contribution in [0.3, 0.4) is 0 Å². The molecule has 0 bridgehead atoms. The Balaban J connectivity index is 1.55. The Morgan fingerprint density at radius 3 is 2.71 bits per heavy atom. The first-order chi connectivity index (χ1) is 16.6. The van der Waals surface area contributed by atoms with Gasteiger partial charge in [0.15, 0.2) is 11.8 Å². The number of amides is 3. The Labute approximate surface area is 203 Å². The molecule has 0 spiro atoms. The molecule has 4 atom stereocenters. The summed E-state index contributed by atoms with van der Waals surface area (Å²) in [5, 5.41) is 21.1. The van der Waals surface area contributed by atoms with Gasteiger partial charge in [-0.25, -0.2) is 0 Å². The second-order valence-corrected chi connectivity index (χ2v) is 9.35. The first-order valence-corrected chi connectivity index (χ1v) is 11.8. The number of aliphatic hydroxyl groups excluding tert-OH is 1. The summed E-state index contributed by atoms with van der Waals surface area (Å²) in [6, 6.07) is 4.72. The van der Waals surface area contributed by atoms with E-state index >= 15 is 0 Å². The highest BCUT2D eigenvalue weighted by Gasteiger charge is 2.52. The lowest BCUT2D eigenvalue weighted by Gasteiger charge is -2.39. The zero-order chi connectivity index (χ0) is 25.5. The van der Waals surface area contributed by atoms with E-state index < -0.39 is 29.6 Å². The number of benzene rings is 1. The SMILES string of the molecule is CC(=O)OC1CC(=O)N1c1ccc2c(c1)[C@](O)([C@@H](C)/C=C/CC(=O)N1CCC[C@H]1CO)C(=O)N2C. The van der Waals surface area contributed by atoms with Crippen molar-refractivity contribution in [1.29, 1.82) is 0 Å². The van der Waals surface area contributed by atoms with Crippen LogP contribution in [0.5, 0.6) is 0 Å². The van der Waals surface area contributed by atoms with E-state index in [1.165, 1.54) is 16.7 Å². The second kappa shape index (κ2) is 9.43. The van der Waals surface area contributed by atoms with Crippen molar-refractivity contribution in [2.24, 2.45) is 5.92 Å². The molecule has 35 heavy (non-hydrogen) atoms. The first-order valence-electron chi connectivity index (χ1n) is 11.8. The fourth-order valence-electron chi connectivity index (χ4n) is 5.16. The summed E-state index contributed by atoms with van der Waals surface area (Å²) in [6.45, 7) is 3.50. The molecule has 0 aliphatic carbocycles. The number of anilines is 2. The molecule has 2 fully saturated rings. The third-order valence-electron chi connectivity index (χ3n) is 7.15. The van der Waals surface area contributed by atoms with E-state index in [0.717, 1.165) is 12.8 Å². The van der Waals surface area contributed by atoms with Crippen LogP contribution in [0.4, 0.5) is 11.4 Å². The Morgan fingerprint density at radius 2 is 2.06 bits per heavy atom. The fraction of sp³-hybridized carbons (Fsp3) is 0.520. The maximum Gasteiger partial charge on any atom is 0.304 e. The summed E-state index contributed by atoms with van der Waals surface area (Å²) in [7, 11) is 1.57. The molecule has 188 valence electrons. The van der Waals surface area contributed by atoms with Crippen molar-refractivity contribution in [3.05, 3.63) is 35.9 Å². The lowest BCUT2D eigenvalue weighted by Crippen LogP contribution is -2.55. The standard InChI is InChI=1S/C25H31N3O7/c1-15(6-4-8-21(31)27-11-5-7-18(27)14-29)25(34)19-12-17(9-10-20(19)26(3)24(25)33)28-22(32)13-23(28)35-16(2)30/h4,6,9-10,12,15,18,23,29,34H,5,7-8,11,13-14H2,1-3H3/b6-4+/t15-,18-,23?,25+/m0/s1. The van der Waals surface area contributed by atoms with Gasteiger partial charge < -0.3 is 24.7 Å². The molecule has 0 aromatic heterocycles. The maximum atomic E-state index is 13.1. The third-order valence-corrected chi connectivity index (χ3v) is 7.15. The largest absolute Gasteiger partial charge is 0.441 e. The predicted molar refractivity (Wildman–Crippen MR) is 126 cm³/mol. The number of likely N-dealkylation sites (N-methyl/N-ethyl adjacent to an activating group) is 1. The number of likely N-dealkylation sites (tertiary alicyclic amines) is 1. The minimum absolute atomic E-state index is 0.0661. The van der Waals surface area contributed by atoms with E-state index in [-0.39, 0.29) is 37.3 Å². The number of rotatable bonds is 7. The van der Waals surface area contributed by atoms with Crippen LogP contribution in [0.1, 0.15) is 45.1 Å². The van der Waals surface area contributed by atoms with Gasteiger partial charge in [0.25, 0.3) is 5.91 Å². The Morgan fingerprint density at radius 1 is 1.31 bits per heavy atom. The van der Waals surface area contributed by atoms with Crippen molar-refractivity contribution in [3.8, 4) is 0 Å². The molecule has 0 saturated carbocycles. The lowest BCUT2D eigenvalue weighted by atomic mass is 9.82. The Kier molecular flexibility index (Phi) is 6.70. The van der Waals surface area contributed by atoms with Crippen LogP contribution < -0.4 is 9.80 Å². The molecule has 0 radical (unpaired) electrons. The highest BCUT2D eigenvalue weighted by Crippen LogP contribution is 2.46. The van der Waals surface area contributed by atoms with Crippen molar-refractivity contribution in [1.82, 2.24) is 4.90 Å². The molecule has 3 aliphatic heterocycles. The number of aliphatic hydroxyl groups is 2. The number of fused-ring (bicyclic) bond motifs is 1. The molecule has 10 nitrogen and oxygen atoms in total. The van der Waals surface area contributed by atoms with Crippen molar-refractivity contribution < 1.29 is 34.1 Å². The molecule has 10 heteroatoms. The number of carbonyl (C=O) groups is 4. The van der Waals surface area contributed by atoms with Gasteiger partial charge in [0, 0.05) is 44.1 Å². The minimum atomic E-state index is -1.90. The predicted octanol–water partition coefficient (Wildman–Crippen LogP) is 1.04. The van der Waals surface area contributed by atoms with Gasteiger partial charge in [-0.15, -0.1) is 0 Å². The molecule has 1 unspecified atom stereocenters. The molecule has 3 aliphatic rings. The Bertz CT molecular complexity index is 1090. The van der Waals surface area contributed by atoms with Gasteiger partial charge in [0.05, 0.1) is 24.8 Å². The molecular weight excluding hydrogens is 454 g/mol. The van der Waals surface area contributed by atoms with E-state index in [1.54, 1.807) is 49.2 Å². The van der Waals surface area contributed by atoms with Gasteiger partial charge in [-0.2, -0.15) is 0 Å². The van der Waals surface area contributed by atoms with Gasteiger partial charge >= 0.3 is 5.97 Å². The summed E-state index contributed by atoms with van der Waals surface area (Å²) in [4.78, 5) is 53.7. The van der Waals surface area contributed by atoms with E-state index in [9.17, 15) is 29.4 Å². The molecule has 3 heterocycles. The molecule has 3 amide bonds. The minimum Gasteiger partial charge on any atom is -0.441 e. The molecule has 1 aromatic carbocycles. The van der Waals surface area contributed by atoms with E-state index in [2.05, 4.69) is 0 Å². The van der Waals surface area contributed by atoms with E-state index in [0.29, 0.717) is 23.5 Å². The van der Waals surface area contributed by atoms with Crippen molar-refractivity contribution in [2.75, 3.05) is 30.0 Å². The van der Waals surface area contributed by atoms with Crippen LogP contribution >= 0.6 is 0 Å². The monoisotopic (exact) mass is 485 g/mol. The number of ether oxygens (including phenoxy) is 1. The molecular formula is C25H31N3O7. The van der Waals surface area contributed by atoms with Crippen LogP contribution in [0.25, 0.3) is 0 Å². The van der Waals surface area contributed by atoms with Gasteiger partial charge in [-0.05, 0) is 31.0 Å². The number of carbonyl (C=O) groups excluding carboxylic acids is 4. The van der Waals surface area contributed by atoms with E-state index in [1.807, 2.05) is 0 Å². The topological polar surface area (TPSA) is 128 Å². The number of esters is 1. The molecule has 2 saturated heterocycles. The van der Waals surface area contributed by atoms with Crippen LogP contribution in [0.15, 0.2) is 30.4 Å². The maximum absolute atomic E-state index is 13.1. The summed E-state index contributed by atoms with van der Waals surface area (Å²) < 4.78 is 5.18. The van der Waals surface area contributed by atoms with Crippen molar-refractivity contribution in [2.45, 2.75) is 57.4 Å². The highest BCUT2D eigenvalue weighted by atomic mass is 16.6. The third kappa shape index (κ3) is 4.21. The lowest BCUT2D eigenvalue weighted by molar-refractivity contribution is -0.154. The normalized spacial score (nSPS) is 26.8. The summed E-state index contributed by atoms with van der Waals surface area (Å²) >= 11 is 0. The van der Waals surface area contributed by atoms with Crippen LogP contribution in [0.2, 0.25) is 0 Å². The zero-order valence-corrected chi connectivity index (χ0v) is 20.1. The zero-order valence-electron chi connectivity index (χ0n) is 20.1. The second-order valence-electron chi connectivity index (χ2n) is 9.35. The molecule has 4 rings (SSSR count). The highest BCUT2D eigenvalue weighted by molar-refractivity contribution is 6.08. The van der Waals surface area contributed by atoms with Gasteiger partial charge in [-0.1, -0.05) is 19.1 Å².